The van der Waals surface area contributed by atoms with Crippen LogP contribution < -0.4 is 34.7 Å². The van der Waals surface area contributed by atoms with Gasteiger partial charge in [0.25, 0.3) is 0 Å². The largest absolute Gasteiger partial charge is 1.00 e. The Morgan fingerprint density at radius 3 is 2.50 bits per heavy atom. The minimum absolute atomic E-state index is 0. The third-order valence-electron chi connectivity index (χ3n) is 2.97. The van der Waals surface area contributed by atoms with E-state index in [4.69, 9.17) is 5.11 Å². The van der Waals surface area contributed by atoms with E-state index in [0.717, 1.165) is 6.07 Å². The Bertz CT molecular complexity index is 835. The number of aromatic carboxylic acids is 1. The van der Waals surface area contributed by atoms with E-state index in [1.165, 1.54) is 24.3 Å². The smallest absolute Gasteiger partial charge is 0.858 e. The van der Waals surface area contributed by atoms with E-state index in [9.17, 15) is 14.3 Å². The third kappa shape index (κ3) is 2.35. The summed E-state index contributed by atoms with van der Waals surface area (Å²) < 4.78 is 13.1. The van der Waals surface area contributed by atoms with Gasteiger partial charge in [-0.2, -0.15) is 0 Å². The number of hydrogen-bond acceptors (Lipinski definition) is 3. The van der Waals surface area contributed by atoms with E-state index >= 15 is 0 Å². The quantitative estimate of drug-likeness (QED) is 0.472. The molecule has 94 valence electrons. The number of aromatic nitrogens is 1. The van der Waals surface area contributed by atoms with Gasteiger partial charge in [-0.15, -0.1) is 0 Å². The Labute approximate surface area is 135 Å². The van der Waals surface area contributed by atoms with E-state index in [-0.39, 0.29) is 40.5 Å². The molecule has 0 unspecified atom stereocenters. The van der Waals surface area contributed by atoms with Crippen LogP contribution in [0.3, 0.4) is 0 Å². The maximum atomic E-state index is 13.1. The predicted octanol–water partition coefficient (Wildman–Crippen LogP) is -0.697. The molecule has 0 aliphatic heterocycles. The van der Waals surface area contributed by atoms with Crippen molar-refractivity contribution in [3.05, 3.63) is 47.8 Å². The minimum atomic E-state index is -1.09. The van der Waals surface area contributed by atoms with Crippen LogP contribution >= 0.6 is 0 Å². The maximum absolute atomic E-state index is 13.1. The number of carboxylic acids is 1. The average molecular weight is 279 g/mol. The first kappa shape index (κ1) is 14.7. The number of benzene rings is 2. The monoisotopic (exact) mass is 279 g/mol. The van der Waals surface area contributed by atoms with E-state index in [1.54, 1.807) is 6.07 Å². The molecule has 2 aromatic carbocycles. The van der Waals surface area contributed by atoms with Crippen molar-refractivity contribution in [3.63, 3.8) is 0 Å². The number of rotatable bonds is 1. The van der Waals surface area contributed by atoms with Gasteiger partial charge in [0.15, 0.2) is 0 Å². The molecule has 6 heteroatoms. The van der Waals surface area contributed by atoms with Crippen molar-refractivity contribution < 1.29 is 49.0 Å². The maximum Gasteiger partial charge on any atom is 1.00 e. The van der Waals surface area contributed by atoms with Crippen molar-refractivity contribution in [2.24, 2.45) is 0 Å². The molecule has 0 fully saturated rings. The molecular weight excluding hydrogens is 272 g/mol. The van der Waals surface area contributed by atoms with Crippen LogP contribution in [0.4, 0.5) is 4.39 Å². The molecule has 0 aliphatic rings. The van der Waals surface area contributed by atoms with Crippen molar-refractivity contribution in [2.75, 3.05) is 0 Å². The van der Waals surface area contributed by atoms with E-state index in [2.05, 4.69) is 4.98 Å². The topological polar surface area (TPSA) is 73.2 Å². The molecule has 4 nitrogen and oxygen atoms in total. The van der Waals surface area contributed by atoms with Gasteiger partial charge in [-0.1, -0.05) is 12.1 Å². The number of carbonyl (C=O) groups is 1. The van der Waals surface area contributed by atoms with Crippen LogP contribution in [-0.2, 0) is 0 Å². The summed E-state index contributed by atoms with van der Waals surface area (Å²) in [6, 6.07) is 8.23. The fourth-order valence-electron chi connectivity index (χ4n) is 2.08. The van der Waals surface area contributed by atoms with Crippen LogP contribution in [0.5, 0.6) is 5.88 Å². The van der Waals surface area contributed by atoms with Crippen molar-refractivity contribution in [3.8, 4) is 5.88 Å². The van der Waals surface area contributed by atoms with Crippen molar-refractivity contribution in [2.45, 2.75) is 0 Å². The first-order chi connectivity index (χ1) is 9.06. The fourth-order valence-corrected chi connectivity index (χ4v) is 2.08. The summed E-state index contributed by atoms with van der Waals surface area (Å²) in [5.41, 5.74) is 0.352. The summed E-state index contributed by atoms with van der Waals surface area (Å²) in [6.07, 6.45) is 0. The van der Waals surface area contributed by atoms with Gasteiger partial charge in [-0.05, 0) is 40.9 Å². The molecule has 0 amide bonds. The van der Waals surface area contributed by atoms with Crippen LogP contribution in [0.1, 0.15) is 10.4 Å². The number of hydrogen-bond donors (Lipinski definition) is 1. The number of nitrogens with zero attached hydrogens (tertiary/aromatic N) is 1. The van der Waals surface area contributed by atoms with Crippen LogP contribution in [0, 0.1) is 5.82 Å². The summed E-state index contributed by atoms with van der Waals surface area (Å²) >= 11 is 0. The molecule has 0 aliphatic carbocycles. The summed E-state index contributed by atoms with van der Waals surface area (Å²) in [5, 5.41) is 22.1. The van der Waals surface area contributed by atoms with Gasteiger partial charge in [0.2, 0.25) is 0 Å². The Kier molecular flexibility index (Phi) is 3.94. The summed E-state index contributed by atoms with van der Waals surface area (Å²) in [6.45, 7) is 0. The number of fused-ring (bicyclic) bond motifs is 3. The fraction of sp³-hybridized carbons (Fsp3) is 0. The van der Waals surface area contributed by atoms with E-state index < -0.39 is 17.7 Å². The Morgan fingerprint density at radius 1 is 1.10 bits per heavy atom. The number of halogens is 1. The van der Waals surface area contributed by atoms with Gasteiger partial charge in [0.1, 0.15) is 5.82 Å². The van der Waals surface area contributed by atoms with Gasteiger partial charge in [0, 0.05) is 5.39 Å². The van der Waals surface area contributed by atoms with Gasteiger partial charge in [-0.25, -0.2) is 9.18 Å². The normalized spacial score (nSPS) is 10.4. The molecule has 0 saturated carbocycles. The van der Waals surface area contributed by atoms with Crippen LogP contribution in [0.15, 0.2) is 36.4 Å². The van der Waals surface area contributed by atoms with Crippen molar-refractivity contribution >= 4 is 27.6 Å². The van der Waals surface area contributed by atoms with E-state index in [1.807, 2.05) is 0 Å². The van der Waals surface area contributed by atoms with Crippen LogP contribution in [0.2, 0.25) is 0 Å². The Balaban J connectivity index is 0.00000147. The van der Waals surface area contributed by atoms with Crippen LogP contribution in [0.25, 0.3) is 21.7 Å². The number of carboxylic acid groups (broad SMARTS) is 1. The van der Waals surface area contributed by atoms with Gasteiger partial charge >= 0.3 is 35.5 Å². The number of pyridine rings is 1. The summed E-state index contributed by atoms with van der Waals surface area (Å²) in [7, 11) is 0. The molecule has 20 heavy (non-hydrogen) atoms. The molecule has 0 atom stereocenters. The zero-order valence-electron chi connectivity index (χ0n) is 10.6. The predicted molar refractivity (Wildman–Crippen MR) is 65.6 cm³/mol. The second-order valence-corrected chi connectivity index (χ2v) is 4.14. The summed E-state index contributed by atoms with van der Waals surface area (Å²) in [5.74, 6) is -2.16. The molecule has 1 aromatic heterocycles. The molecule has 0 saturated heterocycles. The second kappa shape index (κ2) is 5.36. The first-order valence-corrected chi connectivity index (χ1v) is 5.49. The second-order valence-electron chi connectivity index (χ2n) is 4.14. The first-order valence-electron chi connectivity index (χ1n) is 5.49. The molecule has 0 spiro atoms. The SMILES string of the molecule is O=C(O)c1ccc2c(c1)nc([O-])c1cc(F)ccc12.[Na+]. The standard InChI is InChI=1S/C14H8FNO3.Na/c15-8-2-4-9-10-3-1-7(14(18)19)5-12(10)16-13(17)11(9)6-8;/h1-6H,(H,16,17)(H,18,19);/q;+1/p-1. The van der Waals surface area contributed by atoms with Gasteiger partial charge < -0.3 is 10.2 Å². The summed E-state index contributed by atoms with van der Waals surface area (Å²) in [4.78, 5) is 14.7. The molecule has 0 radical (unpaired) electrons. The Hall–Kier alpha value is -1.69. The average Bonchev–Trinajstić information content (AvgIpc) is 2.38. The van der Waals surface area contributed by atoms with Crippen molar-refractivity contribution in [1.29, 1.82) is 0 Å². The zero-order chi connectivity index (χ0) is 13.6. The third-order valence-corrected chi connectivity index (χ3v) is 2.97. The zero-order valence-corrected chi connectivity index (χ0v) is 12.6. The van der Waals surface area contributed by atoms with Gasteiger partial charge in [0.05, 0.1) is 11.1 Å². The van der Waals surface area contributed by atoms with Crippen LogP contribution in [-0.4, -0.2) is 16.1 Å². The minimum Gasteiger partial charge on any atom is -0.858 e. The molecule has 1 N–H and O–H groups in total. The molecular formula is C14H7FNNaO3. The molecule has 0 bridgehead atoms. The molecule has 3 aromatic rings. The Morgan fingerprint density at radius 2 is 1.80 bits per heavy atom. The van der Waals surface area contributed by atoms with Gasteiger partial charge in [-0.3, -0.25) is 4.98 Å². The van der Waals surface area contributed by atoms with E-state index in [0.29, 0.717) is 16.3 Å². The van der Waals surface area contributed by atoms with Crippen molar-refractivity contribution in [1.82, 2.24) is 4.98 Å². The molecule has 1 heterocycles. The molecule has 3 rings (SSSR count).